The number of furan rings is 1. The summed E-state index contributed by atoms with van der Waals surface area (Å²) in [5.41, 5.74) is 11.5. The van der Waals surface area contributed by atoms with Crippen molar-refractivity contribution in [2.45, 2.75) is 0 Å². The molecule has 3 aromatic heterocycles. The lowest BCUT2D eigenvalue weighted by Crippen LogP contribution is -2.00. The summed E-state index contributed by atoms with van der Waals surface area (Å²) in [6.45, 7) is 0. The van der Waals surface area contributed by atoms with E-state index in [0.29, 0.717) is 17.5 Å². The van der Waals surface area contributed by atoms with Gasteiger partial charge in [-0.15, -0.1) is 11.3 Å². The van der Waals surface area contributed by atoms with Crippen LogP contribution in [0.1, 0.15) is 0 Å². The lowest BCUT2D eigenvalue weighted by Gasteiger charge is -2.12. The van der Waals surface area contributed by atoms with Gasteiger partial charge < -0.3 is 4.42 Å². The van der Waals surface area contributed by atoms with Crippen LogP contribution >= 0.6 is 11.3 Å². The molecule has 0 spiro atoms. The van der Waals surface area contributed by atoms with Gasteiger partial charge in [0.05, 0.1) is 0 Å². The van der Waals surface area contributed by atoms with E-state index in [1.165, 1.54) is 42.6 Å². The minimum Gasteiger partial charge on any atom is -0.456 e. The number of hydrogen-bond donors (Lipinski definition) is 0. The molecule has 0 saturated heterocycles. The molecule has 5 heteroatoms. The van der Waals surface area contributed by atoms with E-state index < -0.39 is 0 Å². The predicted molar refractivity (Wildman–Crippen MR) is 233 cm³/mol. The van der Waals surface area contributed by atoms with E-state index in [1.54, 1.807) is 0 Å². The van der Waals surface area contributed by atoms with Gasteiger partial charge in [0.2, 0.25) is 0 Å². The summed E-state index contributed by atoms with van der Waals surface area (Å²) in [5.74, 6) is 1.82. The van der Waals surface area contributed by atoms with Gasteiger partial charge in [0, 0.05) is 53.2 Å². The predicted octanol–water partition coefficient (Wildman–Crippen LogP) is 14.1. The molecule has 0 radical (unpaired) electrons. The number of aromatic nitrogens is 3. The van der Waals surface area contributed by atoms with Gasteiger partial charge in [-0.05, 0) is 64.2 Å². The lowest BCUT2D eigenvalue weighted by atomic mass is 9.93. The Morgan fingerprint density at radius 3 is 1.59 bits per heavy atom. The fraction of sp³-hybridized carbons (Fsp3) is 0. The Hall–Kier alpha value is -7.21. The molecular formula is C51H31N3OS. The fourth-order valence-electron chi connectivity index (χ4n) is 7.85. The molecule has 0 N–H and O–H groups in total. The summed E-state index contributed by atoms with van der Waals surface area (Å²) in [7, 11) is 0. The van der Waals surface area contributed by atoms with Crippen LogP contribution in [-0.4, -0.2) is 15.0 Å². The van der Waals surface area contributed by atoms with Gasteiger partial charge in [0.1, 0.15) is 11.2 Å². The van der Waals surface area contributed by atoms with Crippen LogP contribution in [0.15, 0.2) is 192 Å². The summed E-state index contributed by atoms with van der Waals surface area (Å²) in [6.07, 6.45) is 0. The number of fused-ring (bicyclic) bond motifs is 6. The maximum Gasteiger partial charge on any atom is 0.164 e. The van der Waals surface area contributed by atoms with E-state index >= 15 is 0 Å². The Bertz CT molecular complexity index is 3230. The highest BCUT2D eigenvalue weighted by atomic mass is 32.1. The van der Waals surface area contributed by atoms with Gasteiger partial charge in [-0.1, -0.05) is 152 Å². The molecule has 0 atom stereocenters. The number of rotatable bonds is 6. The first-order chi connectivity index (χ1) is 27.7. The molecule has 11 aromatic rings. The third-order valence-corrected chi connectivity index (χ3v) is 11.8. The third-order valence-electron chi connectivity index (χ3n) is 10.5. The average Bonchev–Trinajstić information content (AvgIpc) is 3.85. The van der Waals surface area contributed by atoms with E-state index in [4.69, 9.17) is 19.4 Å². The molecular weight excluding hydrogens is 703 g/mol. The summed E-state index contributed by atoms with van der Waals surface area (Å²) in [5, 5.41) is 4.45. The molecule has 56 heavy (non-hydrogen) atoms. The highest BCUT2D eigenvalue weighted by Crippen LogP contribution is 2.49. The van der Waals surface area contributed by atoms with E-state index in [2.05, 4.69) is 152 Å². The van der Waals surface area contributed by atoms with Crippen LogP contribution in [0.2, 0.25) is 0 Å². The van der Waals surface area contributed by atoms with Crippen LogP contribution < -0.4 is 0 Å². The Morgan fingerprint density at radius 2 is 0.875 bits per heavy atom. The molecule has 0 bridgehead atoms. The van der Waals surface area contributed by atoms with Crippen molar-refractivity contribution in [2.24, 2.45) is 0 Å². The molecule has 262 valence electrons. The van der Waals surface area contributed by atoms with Crippen molar-refractivity contribution in [1.29, 1.82) is 0 Å². The maximum absolute atomic E-state index is 6.32. The van der Waals surface area contributed by atoms with Crippen molar-refractivity contribution in [2.75, 3.05) is 0 Å². The molecule has 11 rings (SSSR count). The third kappa shape index (κ3) is 5.48. The molecule has 0 aliphatic rings. The SMILES string of the molecule is c1ccc(-c2cc(-c3ccccc3)c3sc4c(-c5ccccc5)ccc(-c5nc(-c6ccccc6)nc(-c6ccc7c(c6)oc6ccccc67)n5)c4c3c2)cc1. The van der Waals surface area contributed by atoms with Crippen molar-refractivity contribution in [1.82, 2.24) is 15.0 Å². The summed E-state index contributed by atoms with van der Waals surface area (Å²) in [6, 6.07) is 65.7. The molecule has 4 nitrogen and oxygen atoms in total. The Kier molecular flexibility index (Phi) is 7.64. The maximum atomic E-state index is 6.32. The second kappa shape index (κ2) is 13.3. The molecule has 0 saturated carbocycles. The van der Waals surface area contributed by atoms with Crippen molar-refractivity contribution in [3.8, 4) is 67.5 Å². The van der Waals surface area contributed by atoms with Crippen LogP contribution in [0.4, 0.5) is 0 Å². The number of para-hydroxylation sites is 1. The minimum atomic E-state index is 0.589. The first kappa shape index (κ1) is 32.2. The minimum absolute atomic E-state index is 0.589. The Labute approximate surface area is 327 Å². The van der Waals surface area contributed by atoms with Gasteiger partial charge in [0.15, 0.2) is 17.5 Å². The van der Waals surface area contributed by atoms with Crippen LogP contribution in [0, 0.1) is 0 Å². The zero-order chi connectivity index (χ0) is 37.0. The quantitative estimate of drug-likeness (QED) is 0.171. The fourth-order valence-corrected chi connectivity index (χ4v) is 9.23. The van der Waals surface area contributed by atoms with E-state index in [0.717, 1.165) is 49.6 Å². The first-order valence-electron chi connectivity index (χ1n) is 18.7. The van der Waals surface area contributed by atoms with Crippen molar-refractivity contribution < 1.29 is 4.42 Å². The molecule has 3 heterocycles. The average molecular weight is 734 g/mol. The van der Waals surface area contributed by atoms with Crippen molar-refractivity contribution in [3.05, 3.63) is 188 Å². The molecule has 0 unspecified atom stereocenters. The highest BCUT2D eigenvalue weighted by Gasteiger charge is 2.22. The van der Waals surface area contributed by atoms with Crippen LogP contribution in [0.5, 0.6) is 0 Å². The zero-order valence-electron chi connectivity index (χ0n) is 30.1. The largest absolute Gasteiger partial charge is 0.456 e. The normalized spacial score (nSPS) is 11.6. The molecule has 0 amide bonds. The number of hydrogen-bond acceptors (Lipinski definition) is 5. The second-order valence-electron chi connectivity index (χ2n) is 13.9. The van der Waals surface area contributed by atoms with Gasteiger partial charge in [-0.2, -0.15) is 0 Å². The van der Waals surface area contributed by atoms with E-state index in [-0.39, 0.29) is 0 Å². The van der Waals surface area contributed by atoms with E-state index in [1.807, 2.05) is 47.7 Å². The molecule has 0 aliphatic carbocycles. The van der Waals surface area contributed by atoms with Crippen molar-refractivity contribution in [3.63, 3.8) is 0 Å². The topological polar surface area (TPSA) is 51.8 Å². The standard InChI is InChI=1S/C51H31N3OS/c1-5-15-32(16-6-1)37-29-42(34-19-9-3-10-20-34)47-43(30-37)46-41(28-27-38(48(46)56-47)33-17-7-2-8-18-33)51-53-49(35-21-11-4-12-22-35)52-50(54-51)36-25-26-40-39-23-13-14-24-44(39)55-45(40)31-36/h1-31H. The molecule has 0 fully saturated rings. The first-order valence-corrected chi connectivity index (χ1v) is 19.5. The lowest BCUT2D eigenvalue weighted by molar-refractivity contribution is 0.669. The number of benzene rings is 8. The van der Waals surface area contributed by atoms with Crippen molar-refractivity contribution >= 4 is 53.4 Å². The van der Waals surface area contributed by atoms with Crippen LogP contribution in [-0.2, 0) is 0 Å². The molecule has 0 aliphatic heterocycles. The Balaban J connectivity index is 1.22. The van der Waals surface area contributed by atoms with Gasteiger partial charge in [-0.25, -0.2) is 15.0 Å². The summed E-state index contributed by atoms with van der Waals surface area (Å²) >= 11 is 1.84. The summed E-state index contributed by atoms with van der Waals surface area (Å²) in [4.78, 5) is 15.7. The number of nitrogens with zero attached hydrogens (tertiary/aromatic N) is 3. The Morgan fingerprint density at radius 1 is 0.321 bits per heavy atom. The van der Waals surface area contributed by atoms with Gasteiger partial charge in [-0.3, -0.25) is 0 Å². The van der Waals surface area contributed by atoms with Gasteiger partial charge >= 0.3 is 0 Å². The van der Waals surface area contributed by atoms with Crippen LogP contribution in [0.25, 0.3) is 110 Å². The number of thiophene rings is 1. The second-order valence-corrected chi connectivity index (χ2v) is 15.0. The zero-order valence-corrected chi connectivity index (χ0v) is 30.9. The van der Waals surface area contributed by atoms with Crippen LogP contribution in [0.3, 0.4) is 0 Å². The van der Waals surface area contributed by atoms with E-state index in [9.17, 15) is 0 Å². The summed E-state index contributed by atoms with van der Waals surface area (Å²) < 4.78 is 8.74. The smallest absolute Gasteiger partial charge is 0.164 e. The molecule has 8 aromatic carbocycles. The monoisotopic (exact) mass is 733 g/mol. The highest BCUT2D eigenvalue weighted by molar-refractivity contribution is 7.27. The van der Waals surface area contributed by atoms with Gasteiger partial charge in [0.25, 0.3) is 0 Å².